The Morgan fingerprint density at radius 1 is 1.38 bits per heavy atom. The second-order valence-electron chi connectivity index (χ2n) is 3.82. The van der Waals surface area contributed by atoms with Crippen molar-refractivity contribution in [3.05, 3.63) is 0 Å². The number of methoxy groups -OCH3 is 1. The zero-order chi connectivity index (χ0) is 11.5. The standard InChI is InChI=1S/C10H17N5O/c1-4-11-8-12-9(14-10(13-8)16-3)15(2)7-5-6-7/h7H,4-6H2,1-3H3,(H,11,12,13,14). The molecule has 1 saturated carbocycles. The van der Waals surface area contributed by atoms with Crippen LogP contribution in [0.2, 0.25) is 0 Å². The molecule has 0 unspecified atom stereocenters. The van der Waals surface area contributed by atoms with Crippen LogP contribution in [0.1, 0.15) is 19.8 Å². The van der Waals surface area contributed by atoms with Gasteiger partial charge in [0.25, 0.3) is 0 Å². The van der Waals surface area contributed by atoms with Gasteiger partial charge in [0.05, 0.1) is 7.11 Å². The van der Waals surface area contributed by atoms with Crippen LogP contribution in [0.15, 0.2) is 0 Å². The van der Waals surface area contributed by atoms with Crippen molar-refractivity contribution in [2.75, 3.05) is 30.9 Å². The fraction of sp³-hybridized carbons (Fsp3) is 0.700. The van der Waals surface area contributed by atoms with Crippen molar-refractivity contribution >= 4 is 11.9 Å². The first-order valence-electron chi connectivity index (χ1n) is 5.51. The Morgan fingerprint density at radius 3 is 2.69 bits per heavy atom. The minimum atomic E-state index is 0.355. The van der Waals surface area contributed by atoms with Crippen LogP contribution in [0.3, 0.4) is 0 Å². The average Bonchev–Trinajstić information content (AvgIpc) is 3.12. The molecule has 1 aliphatic rings. The van der Waals surface area contributed by atoms with Crippen LogP contribution in [-0.4, -0.2) is 41.7 Å². The first kappa shape index (κ1) is 10.9. The lowest BCUT2D eigenvalue weighted by Gasteiger charge is -2.16. The number of nitrogens with one attached hydrogen (secondary N) is 1. The van der Waals surface area contributed by atoms with Crippen molar-refractivity contribution in [3.63, 3.8) is 0 Å². The Kier molecular flexibility index (Phi) is 3.07. The predicted octanol–water partition coefficient (Wildman–Crippen LogP) is 0.911. The summed E-state index contributed by atoms with van der Waals surface area (Å²) in [5, 5.41) is 3.07. The third-order valence-electron chi connectivity index (χ3n) is 2.53. The zero-order valence-corrected chi connectivity index (χ0v) is 9.90. The van der Waals surface area contributed by atoms with Crippen LogP contribution >= 0.6 is 0 Å². The van der Waals surface area contributed by atoms with Crippen LogP contribution in [0.4, 0.5) is 11.9 Å². The van der Waals surface area contributed by atoms with Gasteiger partial charge in [0.1, 0.15) is 0 Å². The highest BCUT2D eigenvalue weighted by molar-refractivity contribution is 5.39. The molecule has 2 rings (SSSR count). The van der Waals surface area contributed by atoms with Gasteiger partial charge in [-0.2, -0.15) is 15.0 Å². The number of ether oxygens (including phenoxy) is 1. The normalized spacial score (nSPS) is 14.7. The van der Waals surface area contributed by atoms with Gasteiger partial charge in [-0.3, -0.25) is 0 Å². The van der Waals surface area contributed by atoms with Gasteiger partial charge in [-0.25, -0.2) is 0 Å². The van der Waals surface area contributed by atoms with E-state index in [4.69, 9.17) is 4.74 Å². The van der Waals surface area contributed by atoms with Crippen LogP contribution in [0, 0.1) is 0 Å². The van der Waals surface area contributed by atoms with Crippen molar-refractivity contribution in [1.82, 2.24) is 15.0 Å². The van der Waals surface area contributed by atoms with Crippen molar-refractivity contribution in [2.45, 2.75) is 25.8 Å². The van der Waals surface area contributed by atoms with Crippen LogP contribution in [0.25, 0.3) is 0 Å². The Labute approximate surface area is 95.1 Å². The van der Waals surface area contributed by atoms with Crippen molar-refractivity contribution < 1.29 is 4.74 Å². The van der Waals surface area contributed by atoms with Crippen LogP contribution in [-0.2, 0) is 0 Å². The molecule has 1 N–H and O–H groups in total. The molecular formula is C10H17N5O. The van der Waals surface area contributed by atoms with Crippen molar-refractivity contribution in [2.24, 2.45) is 0 Å². The largest absolute Gasteiger partial charge is 0.467 e. The van der Waals surface area contributed by atoms with Gasteiger partial charge < -0.3 is 15.0 Å². The molecule has 1 heterocycles. The number of rotatable bonds is 5. The fourth-order valence-electron chi connectivity index (χ4n) is 1.46. The molecule has 88 valence electrons. The molecule has 0 bridgehead atoms. The molecule has 0 aromatic carbocycles. The first-order chi connectivity index (χ1) is 7.74. The Balaban J connectivity index is 2.24. The van der Waals surface area contributed by atoms with Gasteiger partial charge in [-0.1, -0.05) is 0 Å². The lowest BCUT2D eigenvalue weighted by Crippen LogP contribution is -2.23. The Morgan fingerprint density at radius 2 is 2.12 bits per heavy atom. The number of nitrogens with zero attached hydrogens (tertiary/aromatic N) is 4. The molecule has 1 aliphatic carbocycles. The molecule has 0 spiro atoms. The van der Waals surface area contributed by atoms with E-state index in [1.807, 2.05) is 14.0 Å². The summed E-state index contributed by atoms with van der Waals surface area (Å²) in [6.45, 7) is 2.78. The summed E-state index contributed by atoms with van der Waals surface area (Å²) < 4.78 is 5.06. The van der Waals surface area contributed by atoms with E-state index in [2.05, 4.69) is 25.2 Å². The molecule has 0 atom stereocenters. The van der Waals surface area contributed by atoms with Gasteiger partial charge in [-0.05, 0) is 19.8 Å². The van der Waals surface area contributed by atoms with E-state index in [9.17, 15) is 0 Å². The van der Waals surface area contributed by atoms with E-state index >= 15 is 0 Å². The molecule has 6 nitrogen and oxygen atoms in total. The highest BCUT2D eigenvalue weighted by Gasteiger charge is 2.28. The monoisotopic (exact) mass is 223 g/mol. The number of hydrogen-bond acceptors (Lipinski definition) is 6. The Bertz CT molecular complexity index is 366. The highest BCUT2D eigenvalue weighted by atomic mass is 16.5. The quantitative estimate of drug-likeness (QED) is 0.800. The van der Waals surface area contributed by atoms with E-state index in [0.29, 0.717) is 23.9 Å². The van der Waals surface area contributed by atoms with Gasteiger partial charge in [-0.15, -0.1) is 0 Å². The number of anilines is 2. The first-order valence-corrected chi connectivity index (χ1v) is 5.51. The molecule has 0 aliphatic heterocycles. The molecule has 0 amide bonds. The van der Waals surface area contributed by atoms with Crippen LogP contribution in [0.5, 0.6) is 6.01 Å². The molecule has 1 fully saturated rings. The van der Waals surface area contributed by atoms with E-state index in [1.165, 1.54) is 12.8 Å². The number of hydrogen-bond donors (Lipinski definition) is 1. The minimum Gasteiger partial charge on any atom is -0.467 e. The van der Waals surface area contributed by atoms with Crippen molar-refractivity contribution in [1.29, 1.82) is 0 Å². The van der Waals surface area contributed by atoms with E-state index in [0.717, 1.165) is 6.54 Å². The van der Waals surface area contributed by atoms with E-state index in [1.54, 1.807) is 7.11 Å². The van der Waals surface area contributed by atoms with E-state index in [-0.39, 0.29) is 0 Å². The molecule has 16 heavy (non-hydrogen) atoms. The molecular weight excluding hydrogens is 206 g/mol. The van der Waals surface area contributed by atoms with Crippen molar-refractivity contribution in [3.8, 4) is 6.01 Å². The number of aromatic nitrogens is 3. The smallest absolute Gasteiger partial charge is 0.322 e. The second kappa shape index (κ2) is 4.51. The molecule has 1 aromatic heterocycles. The molecule has 0 saturated heterocycles. The molecule has 0 radical (unpaired) electrons. The van der Waals surface area contributed by atoms with Gasteiger partial charge in [0, 0.05) is 19.6 Å². The average molecular weight is 223 g/mol. The lowest BCUT2D eigenvalue weighted by molar-refractivity contribution is 0.379. The maximum atomic E-state index is 5.06. The summed E-state index contributed by atoms with van der Waals surface area (Å²) in [5.41, 5.74) is 0. The third kappa shape index (κ3) is 2.32. The maximum Gasteiger partial charge on any atom is 0.322 e. The maximum absolute atomic E-state index is 5.06. The summed E-state index contributed by atoms with van der Waals surface area (Å²) >= 11 is 0. The summed E-state index contributed by atoms with van der Waals surface area (Å²) in [6, 6.07) is 0.926. The highest BCUT2D eigenvalue weighted by Crippen LogP contribution is 2.28. The molecule has 6 heteroatoms. The predicted molar refractivity (Wildman–Crippen MR) is 62.0 cm³/mol. The van der Waals surface area contributed by atoms with Gasteiger partial charge in [0.15, 0.2) is 0 Å². The second-order valence-corrected chi connectivity index (χ2v) is 3.82. The van der Waals surface area contributed by atoms with Gasteiger partial charge >= 0.3 is 6.01 Å². The zero-order valence-electron chi connectivity index (χ0n) is 9.90. The Hall–Kier alpha value is -1.59. The summed E-state index contributed by atoms with van der Waals surface area (Å²) in [4.78, 5) is 14.8. The van der Waals surface area contributed by atoms with Crippen LogP contribution < -0.4 is 15.0 Å². The topological polar surface area (TPSA) is 63.2 Å². The third-order valence-corrected chi connectivity index (χ3v) is 2.53. The SMILES string of the molecule is CCNc1nc(OC)nc(N(C)C2CC2)n1. The summed E-state index contributed by atoms with van der Waals surface area (Å²) in [6.07, 6.45) is 2.42. The summed E-state index contributed by atoms with van der Waals surface area (Å²) in [5.74, 6) is 1.24. The fourth-order valence-corrected chi connectivity index (χ4v) is 1.46. The lowest BCUT2D eigenvalue weighted by atomic mass is 10.6. The van der Waals surface area contributed by atoms with Gasteiger partial charge in [0.2, 0.25) is 11.9 Å². The summed E-state index contributed by atoms with van der Waals surface area (Å²) in [7, 11) is 3.56. The van der Waals surface area contributed by atoms with E-state index < -0.39 is 0 Å². The molecule has 1 aromatic rings. The minimum absolute atomic E-state index is 0.355.